The van der Waals surface area contributed by atoms with E-state index in [2.05, 4.69) is 0 Å². The lowest BCUT2D eigenvalue weighted by Crippen LogP contribution is -1.89. The molecule has 0 unspecified atom stereocenters. The Morgan fingerprint density at radius 2 is 1.91 bits per heavy atom. The standard InChI is InChI=1S/C9H14O2/c1-8(6-7-10)4-3-5-9(2)11/h6-7H,3-5H2,1-2H3. The number of rotatable bonds is 5. The van der Waals surface area contributed by atoms with Gasteiger partial charge in [0.05, 0.1) is 0 Å². The first-order valence-corrected chi connectivity index (χ1v) is 3.77. The topological polar surface area (TPSA) is 34.1 Å². The van der Waals surface area contributed by atoms with Crippen LogP contribution in [0.25, 0.3) is 0 Å². The molecule has 0 radical (unpaired) electrons. The molecule has 0 saturated carbocycles. The second kappa shape index (κ2) is 5.83. The third-order valence-corrected chi connectivity index (χ3v) is 1.45. The van der Waals surface area contributed by atoms with E-state index in [1.807, 2.05) is 6.92 Å². The number of allylic oxidation sites excluding steroid dienone is 2. The van der Waals surface area contributed by atoms with Crippen LogP contribution in [-0.4, -0.2) is 12.1 Å². The summed E-state index contributed by atoms with van der Waals surface area (Å²) in [5.74, 6) is 0.212. The summed E-state index contributed by atoms with van der Waals surface area (Å²) in [6.45, 7) is 3.48. The molecular formula is C9H14O2. The second-order valence-electron chi connectivity index (χ2n) is 2.70. The summed E-state index contributed by atoms with van der Waals surface area (Å²) in [4.78, 5) is 20.5. The maximum Gasteiger partial charge on any atom is 0.142 e. The molecular weight excluding hydrogens is 140 g/mol. The smallest absolute Gasteiger partial charge is 0.142 e. The van der Waals surface area contributed by atoms with Crippen molar-refractivity contribution in [1.29, 1.82) is 0 Å². The quantitative estimate of drug-likeness (QED) is 0.447. The SMILES string of the molecule is CC(=O)CCCC(C)=CC=O. The van der Waals surface area contributed by atoms with Gasteiger partial charge >= 0.3 is 0 Å². The number of hydrogen-bond donors (Lipinski definition) is 0. The van der Waals surface area contributed by atoms with E-state index < -0.39 is 0 Å². The average molecular weight is 154 g/mol. The van der Waals surface area contributed by atoms with Gasteiger partial charge in [0.15, 0.2) is 0 Å². The summed E-state index contributed by atoms with van der Waals surface area (Å²) in [5, 5.41) is 0. The first-order valence-electron chi connectivity index (χ1n) is 3.77. The molecule has 0 rings (SSSR count). The predicted octanol–water partition coefficient (Wildman–Crippen LogP) is 1.89. The molecule has 0 aromatic rings. The minimum atomic E-state index is 0.212. The molecule has 0 aliphatic heterocycles. The van der Waals surface area contributed by atoms with Gasteiger partial charge in [0, 0.05) is 6.42 Å². The zero-order chi connectivity index (χ0) is 8.69. The van der Waals surface area contributed by atoms with Crippen molar-refractivity contribution in [3.8, 4) is 0 Å². The fourth-order valence-electron chi connectivity index (χ4n) is 0.816. The van der Waals surface area contributed by atoms with Crippen molar-refractivity contribution in [2.24, 2.45) is 0 Å². The summed E-state index contributed by atoms with van der Waals surface area (Å²) < 4.78 is 0. The van der Waals surface area contributed by atoms with Crippen LogP contribution in [0.1, 0.15) is 33.1 Å². The molecule has 62 valence electrons. The average Bonchev–Trinajstić information content (AvgIpc) is 1.87. The highest BCUT2D eigenvalue weighted by Crippen LogP contribution is 2.05. The van der Waals surface area contributed by atoms with Crippen LogP contribution in [0.3, 0.4) is 0 Å². The van der Waals surface area contributed by atoms with Gasteiger partial charge in [-0.25, -0.2) is 0 Å². The van der Waals surface area contributed by atoms with E-state index in [-0.39, 0.29) is 5.78 Å². The number of Topliss-reactive ketones (excluding diaryl/α,β-unsaturated/α-hetero) is 1. The van der Waals surface area contributed by atoms with E-state index in [9.17, 15) is 9.59 Å². The highest BCUT2D eigenvalue weighted by molar-refractivity contribution is 5.75. The molecule has 0 aromatic heterocycles. The Morgan fingerprint density at radius 3 is 2.36 bits per heavy atom. The van der Waals surface area contributed by atoms with Gasteiger partial charge in [0.2, 0.25) is 0 Å². The molecule has 0 heterocycles. The van der Waals surface area contributed by atoms with Crippen molar-refractivity contribution in [2.75, 3.05) is 0 Å². The van der Waals surface area contributed by atoms with E-state index in [0.29, 0.717) is 6.42 Å². The highest BCUT2D eigenvalue weighted by atomic mass is 16.1. The normalized spacial score (nSPS) is 11.3. The van der Waals surface area contributed by atoms with Gasteiger partial charge in [-0.15, -0.1) is 0 Å². The van der Waals surface area contributed by atoms with Gasteiger partial charge in [-0.2, -0.15) is 0 Å². The molecule has 0 aliphatic carbocycles. The van der Waals surface area contributed by atoms with E-state index in [0.717, 1.165) is 24.7 Å². The van der Waals surface area contributed by atoms with Gasteiger partial charge < -0.3 is 4.79 Å². The zero-order valence-corrected chi connectivity index (χ0v) is 7.09. The molecule has 0 aliphatic rings. The number of carbonyl (C=O) groups is 2. The minimum absolute atomic E-state index is 0.212. The van der Waals surface area contributed by atoms with Crippen LogP contribution in [0.5, 0.6) is 0 Å². The van der Waals surface area contributed by atoms with E-state index >= 15 is 0 Å². The Hall–Kier alpha value is -0.920. The summed E-state index contributed by atoms with van der Waals surface area (Å²) >= 11 is 0. The Labute approximate surface area is 67.3 Å². The molecule has 0 spiro atoms. The third kappa shape index (κ3) is 6.97. The first kappa shape index (κ1) is 10.1. The largest absolute Gasteiger partial charge is 0.300 e. The van der Waals surface area contributed by atoms with E-state index in [1.165, 1.54) is 0 Å². The van der Waals surface area contributed by atoms with Crippen LogP contribution < -0.4 is 0 Å². The fraction of sp³-hybridized carbons (Fsp3) is 0.556. The predicted molar refractivity (Wildman–Crippen MR) is 44.4 cm³/mol. The zero-order valence-electron chi connectivity index (χ0n) is 7.09. The van der Waals surface area contributed by atoms with Crippen LogP contribution in [0, 0.1) is 0 Å². The Kier molecular flexibility index (Phi) is 5.35. The van der Waals surface area contributed by atoms with Crippen LogP contribution >= 0.6 is 0 Å². The second-order valence-corrected chi connectivity index (χ2v) is 2.70. The van der Waals surface area contributed by atoms with Crippen LogP contribution in [0.15, 0.2) is 11.6 Å². The molecule has 0 atom stereocenters. The summed E-state index contributed by atoms with van der Waals surface area (Å²) in [5.41, 5.74) is 1.04. The van der Waals surface area contributed by atoms with E-state index in [1.54, 1.807) is 13.0 Å². The van der Waals surface area contributed by atoms with Crippen molar-refractivity contribution in [1.82, 2.24) is 0 Å². The van der Waals surface area contributed by atoms with Gasteiger partial charge in [-0.1, -0.05) is 5.57 Å². The van der Waals surface area contributed by atoms with Crippen molar-refractivity contribution in [3.63, 3.8) is 0 Å². The molecule has 0 amide bonds. The third-order valence-electron chi connectivity index (χ3n) is 1.45. The Bertz CT molecular complexity index is 168. The van der Waals surface area contributed by atoms with Crippen LogP contribution in [0.2, 0.25) is 0 Å². The molecule has 2 nitrogen and oxygen atoms in total. The van der Waals surface area contributed by atoms with Gasteiger partial charge in [0.25, 0.3) is 0 Å². The van der Waals surface area contributed by atoms with Crippen LogP contribution in [-0.2, 0) is 9.59 Å². The lowest BCUT2D eigenvalue weighted by atomic mass is 10.1. The Morgan fingerprint density at radius 1 is 1.27 bits per heavy atom. The monoisotopic (exact) mass is 154 g/mol. The van der Waals surface area contributed by atoms with Crippen molar-refractivity contribution < 1.29 is 9.59 Å². The van der Waals surface area contributed by atoms with Gasteiger partial charge in [0.1, 0.15) is 12.1 Å². The molecule has 0 aromatic carbocycles. The van der Waals surface area contributed by atoms with Crippen molar-refractivity contribution in [2.45, 2.75) is 33.1 Å². The maximum absolute atomic E-state index is 10.5. The van der Waals surface area contributed by atoms with Crippen molar-refractivity contribution in [3.05, 3.63) is 11.6 Å². The molecule has 0 saturated heterocycles. The fourth-order valence-corrected chi connectivity index (χ4v) is 0.816. The number of carbonyl (C=O) groups excluding carboxylic acids is 2. The molecule has 11 heavy (non-hydrogen) atoms. The summed E-state index contributed by atoms with van der Waals surface area (Å²) in [7, 11) is 0. The molecule has 0 N–H and O–H groups in total. The van der Waals surface area contributed by atoms with E-state index in [4.69, 9.17) is 0 Å². The highest BCUT2D eigenvalue weighted by Gasteiger charge is 1.93. The summed E-state index contributed by atoms with van der Waals surface area (Å²) in [6.07, 6.45) is 4.64. The molecule has 0 fully saturated rings. The number of hydrogen-bond acceptors (Lipinski definition) is 2. The Balaban J connectivity index is 3.46. The lowest BCUT2D eigenvalue weighted by molar-refractivity contribution is -0.117. The maximum atomic E-state index is 10.5. The molecule has 0 bridgehead atoms. The van der Waals surface area contributed by atoms with Gasteiger partial charge in [-0.05, 0) is 32.8 Å². The first-order chi connectivity index (χ1) is 5.16. The van der Waals surface area contributed by atoms with Crippen molar-refractivity contribution >= 4 is 12.1 Å². The summed E-state index contributed by atoms with van der Waals surface area (Å²) in [6, 6.07) is 0. The molecule has 2 heteroatoms. The number of aldehydes is 1. The van der Waals surface area contributed by atoms with Crippen LogP contribution in [0.4, 0.5) is 0 Å². The minimum Gasteiger partial charge on any atom is -0.300 e. The number of ketones is 1. The lowest BCUT2D eigenvalue weighted by Gasteiger charge is -1.96. The van der Waals surface area contributed by atoms with Gasteiger partial charge in [-0.3, -0.25) is 4.79 Å².